The molecule has 0 aromatic heterocycles. The summed E-state index contributed by atoms with van der Waals surface area (Å²) in [5, 5.41) is 0. The second-order valence-electron chi connectivity index (χ2n) is 5.38. The average molecular weight is 331 g/mol. The van der Waals surface area contributed by atoms with Crippen molar-refractivity contribution in [2.45, 2.75) is 38.1 Å². The maximum Gasteiger partial charge on any atom is 0.222 e. The molecule has 1 atom stereocenters. The van der Waals surface area contributed by atoms with Crippen LogP contribution >= 0.6 is 12.4 Å². The average Bonchev–Trinajstić information content (AvgIpc) is 2.53. The van der Waals surface area contributed by atoms with Gasteiger partial charge in [-0.05, 0) is 49.9 Å². The van der Waals surface area contributed by atoms with Gasteiger partial charge in [0.1, 0.15) is 11.6 Å². The van der Waals surface area contributed by atoms with Crippen LogP contribution in [-0.4, -0.2) is 36.5 Å². The molecule has 0 spiro atoms. The van der Waals surface area contributed by atoms with Gasteiger partial charge in [-0.3, -0.25) is 4.79 Å². The van der Waals surface area contributed by atoms with Crippen LogP contribution in [0.15, 0.2) is 24.3 Å². The van der Waals surface area contributed by atoms with Crippen LogP contribution < -0.4 is 10.5 Å². The molecule has 1 aliphatic rings. The first-order valence-corrected chi connectivity index (χ1v) is 7.58. The van der Waals surface area contributed by atoms with Crippen LogP contribution in [0, 0.1) is 5.82 Å². The lowest BCUT2D eigenvalue weighted by Gasteiger charge is -2.35. The van der Waals surface area contributed by atoms with Crippen molar-refractivity contribution in [1.29, 1.82) is 0 Å². The van der Waals surface area contributed by atoms with Gasteiger partial charge < -0.3 is 15.4 Å². The first-order valence-electron chi connectivity index (χ1n) is 7.58. The van der Waals surface area contributed by atoms with Crippen LogP contribution in [0.25, 0.3) is 0 Å². The number of hydrogen-bond acceptors (Lipinski definition) is 3. The number of halogens is 2. The number of nitrogens with two attached hydrogens (primary N) is 1. The summed E-state index contributed by atoms with van der Waals surface area (Å²) in [6, 6.07) is 6.10. The van der Waals surface area contributed by atoms with Crippen LogP contribution in [0.4, 0.5) is 4.39 Å². The lowest BCUT2D eigenvalue weighted by Crippen LogP contribution is -2.47. The lowest BCUT2D eigenvalue weighted by molar-refractivity contribution is -0.134. The molecular weight excluding hydrogens is 307 g/mol. The van der Waals surface area contributed by atoms with Crippen molar-refractivity contribution in [1.82, 2.24) is 4.90 Å². The van der Waals surface area contributed by atoms with Crippen molar-refractivity contribution in [3.05, 3.63) is 30.1 Å². The first-order chi connectivity index (χ1) is 10.2. The molecule has 2 rings (SSSR count). The number of ether oxygens (including phenoxy) is 1. The molecule has 1 fully saturated rings. The number of likely N-dealkylation sites (tertiary alicyclic amines) is 1. The Morgan fingerprint density at radius 1 is 1.32 bits per heavy atom. The monoisotopic (exact) mass is 330 g/mol. The minimum absolute atomic E-state index is 0. The van der Waals surface area contributed by atoms with E-state index < -0.39 is 0 Å². The lowest BCUT2D eigenvalue weighted by atomic mass is 10.0. The molecule has 1 heterocycles. The molecule has 1 amide bonds. The topological polar surface area (TPSA) is 55.6 Å². The number of carbonyl (C=O) groups excluding carboxylic acids is 1. The van der Waals surface area contributed by atoms with Crippen molar-refractivity contribution >= 4 is 18.3 Å². The Bertz CT molecular complexity index is 456. The molecule has 1 aromatic carbocycles. The number of carbonyl (C=O) groups is 1. The van der Waals surface area contributed by atoms with Gasteiger partial charge in [-0.2, -0.15) is 0 Å². The minimum atomic E-state index is -0.282. The molecule has 1 unspecified atom stereocenters. The van der Waals surface area contributed by atoms with Gasteiger partial charge in [0.05, 0.1) is 6.61 Å². The van der Waals surface area contributed by atoms with E-state index in [1.165, 1.54) is 12.1 Å². The molecule has 0 aliphatic carbocycles. The van der Waals surface area contributed by atoms with Crippen LogP contribution in [0.3, 0.4) is 0 Å². The highest BCUT2D eigenvalue weighted by Crippen LogP contribution is 2.18. The fraction of sp³-hybridized carbons (Fsp3) is 0.562. The summed E-state index contributed by atoms with van der Waals surface area (Å²) in [5.74, 6) is 0.505. The highest BCUT2D eigenvalue weighted by molar-refractivity contribution is 5.85. The van der Waals surface area contributed by atoms with Crippen molar-refractivity contribution in [2.24, 2.45) is 5.73 Å². The summed E-state index contributed by atoms with van der Waals surface area (Å²) < 4.78 is 18.2. The molecule has 2 N–H and O–H groups in total. The number of rotatable bonds is 6. The van der Waals surface area contributed by atoms with Crippen molar-refractivity contribution in [2.75, 3.05) is 19.7 Å². The van der Waals surface area contributed by atoms with E-state index in [0.717, 1.165) is 25.8 Å². The molecule has 0 radical (unpaired) electrons. The molecule has 6 heteroatoms. The summed E-state index contributed by atoms with van der Waals surface area (Å²) >= 11 is 0. The Kier molecular flexibility index (Phi) is 8.20. The van der Waals surface area contributed by atoms with E-state index in [4.69, 9.17) is 10.5 Å². The molecule has 124 valence electrons. The van der Waals surface area contributed by atoms with Gasteiger partial charge >= 0.3 is 0 Å². The summed E-state index contributed by atoms with van der Waals surface area (Å²) in [7, 11) is 0. The van der Waals surface area contributed by atoms with Gasteiger partial charge in [0, 0.05) is 25.6 Å². The summed E-state index contributed by atoms with van der Waals surface area (Å²) in [4.78, 5) is 14.1. The Labute approximate surface area is 137 Å². The van der Waals surface area contributed by atoms with E-state index >= 15 is 0 Å². The number of benzene rings is 1. The van der Waals surface area contributed by atoms with Crippen molar-refractivity contribution in [3.8, 4) is 5.75 Å². The molecule has 1 aliphatic heterocycles. The summed E-state index contributed by atoms with van der Waals surface area (Å²) in [6.45, 7) is 1.82. The zero-order chi connectivity index (χ0) is 15.1. The molecule has 0 bridgehead atoms. The summed E-state index contributed by atoms with van der Waals surface area (Å²) in [6.07, 6.45) is 4.35. The summed E-state index contributed by atoms with van der Waals surface area (Å²) in [5.41, 5.74) is 5.73. The predicted molar refractivity (Wildman–Crippen MR) is 86.8 cm³/mol. The molecule has 1 aromatic rings. The molecule has 0 saturated carbocycles. The largest absolute Gasteiger partial charge is 0.494 e. The number of piperidine rings is 1. The zero-order valence-electron chi connectivity index (χ0n) is 12.7. The van der Waals surface area contributed by atoms with Gasteiger partial charge in [-0.1, -0.05) is 0 Å². The van der Waals surface area contributed by atoms with Crippen molar-refractivity contribution in [3.63, 3.8) is 0 Å². The van der Waals surface area contributed by atoms with Crippen molar-refractivity contribution < 1.29 is 13.9 Å². The third kappa shape index (κ3) is 5.46. The highest BCUT2D eigenvalue weighted by Gasteiger charge is 2.24. The van der Waals surface area contributed by atoms with Gasteiger partial charge in [-0.15, -0.1) is 12.4 Å². The van der Waals surface area contributed by atoms with Crippen LogP contribution in [0.5, 0.6) is 5.75 Å². The van der Waals surface area contributed by atoms with E-state index in [1.54, 1.807) is 12.1 Å². The second kappa shape index (κ2) is 9.64. The molecule has 1 saturated heterocycles. The highest BCUT2D eigenvalue weighted by atomic mass is 35.5. The third-order valence-corrected chi connectivity index (χ3v) is 3.84. The van der Waals surface area contributed by atoms with Crippen LogP contribution in [0.1, 0.15) is 32.1 Å². The number of hydrogen-bond donors (Lipinski definition) is 1. The fourth-order valence-corrected chi connectivity index (χ4v) is 2.66. The predicted octanol–water partition coefficient (Wildman–Crippen LogP) is 2.75. The molecular formula is C16H24ClFN2O2. The van der Waals surface area contributed by atoms with E-state index in [9.17, 15) is 9.18 Å². The van der Waals surface area contributed by atoms with E-state index in [1.807, 2.05) is 4.90 Å². The minimum Gasteiger partial charge on any atom is -0.494 e. The van der Waals surface area contributed by atoms with E-state index in [2.05, 4.69) is 0 Å². The standard InChI is InChI=1S/C16H23FN2O2.ClH/c17-13-6-8-15(9-7-13)21-11-3-5-16(20)19-10-2-1-4-14(19)12-18;/h6-9,14H,1-5,10-12,18H2;1H. The molecule has 22 heavy (non-hydrogen) atoms. The zero-order valence-corrected chi connectivity index (χ0v) is 13.5. The smallest absolute Gasteiger partial charge is 0.222 e. The molecule has 4 nitrogen and oxygen atoms in total. The Morgan fingerprint density at radius 3 is 2.73 bits per heavy atom. The third-order valence-electron chi connectivity index (χ3n) is 3.84. The second-order valence-corrected chi connectivity index (χ2v) is 5.38. The number of amides is 1. The Hall–Kier alpha value is -1.33. The Morgan fingerprint density at radius 2 is 2.05 bits per heavy atom. The van der Waals surface area contributed by atoms with Gasteiger partial charge in [0.25, 0.3) is 0 Å². The van der Waals surface area contributed by atoms with E-state index in [0.29, 0.717) is 31.7 Å². The van der Waals surface area contributed by atoms with Crippen LogP contribution in [-0.2, 0) is 4.79 Å². The van der Waals surface area contributed by atoms with E-state index in [-0.39, 0.29) is 30.2 Å². The Balaban J connectivity index is 0.00000242. The normalized spacial score (nSPS) is 17.7. The maximum absolute atomic E-state index is 12.7. The number of nitrogens with zero attached hydrogens (tertiary/aromatic N) is 1. The fourth-order valence-electron chi connectivity index (χ4n) is 2.66. The maximum atomic E-state index is 12.7. The van der Waals surface area contributed by atoms with Gasteiger partial charge in [-0.25, -0.2) is 4.39 Å². The quantitative estimate of drug-likeness (QED) is 0.816. The SMILES string of the molecule is Cl.NCC1CCCCN1C(=O)CCCOc1ccc(F)cc1. The van der Waals surface area contributed by atoms with Crippen LogP contribution in [0.2, 0.25) is 0 Å². The first kappa shape index (κ1) is 18.7. The van der Waals surface area contributed by atoms with Gasteiger partial charge in [0.15, 0.2) is 0 Å². The van der Waals surface area contributed by atoms with Gasteiger partial charge in [0.2, 0.25) is 5.91 Å².